The second-order valence-corrected chi connectivity index (χ2v) is 7.41. The fraction of sp³-hybridized carbons (Fsp3) is 0.316. The lowest BCUT2D eigenvalue weighted by molar-refractivity contribution is -0.669. The number of halogens is 1. The van der Waals surface area contributed by atoms with Crippen LogP contribution in [-0.2, 0) is 6.54 Å². The minimum absolute atomic E-state index is 0.769. The lowest BCUT2D eigenvalue weighted by Crippen LogP contribution is -2.33. The van der Waals surface area contributed by atoms with Crippen LogP contribution in [0.15, 0.2) is 24.3 Å². The molecule has 3 rings (SSSR count). The molecule has 0 fully saturated rings. The van der Waals surface area contributed by atoms with Crippen LogP contribution in [0.25, 0.3) is 21.3 Å². The van der Waals surface area contributed by atoms with Gasteiger partial charge < -0.3 is 4.74 Å². The smallest absolute Gasteiger partial charge is 0.235 e. The van der Waals surface area contributed by atoms with Crippen molar-refractivity contribution in [3.8, 4) is 16.9 Å². The number of aryl methyl sites for hydroxylation is 4. The van der Waals surface area contributed by atoms with Crippen LogP contribution in [-0.4, -0.2) is 7.11 Å². The molecule has 3 aromatic rings. The quantitative estimate of drug-likeness (QED) is 0.574. The van der Waals surface area contributed by atoms with Gasteiger partial charge >= 0.3 is 0 Å². The normalized spacial score (nSPS) is 11.2. The molecule has 0 bridgehead atoms. The number of methoxy groups -OCH3 is 1. The highest BCUT2D eigenvalue weighted by molar-refractivity contribution is 7.18. The van der Waals surface area contributed by atoms with Gasteiger partial charge in [0.05, 0.1) is 12.7 Å². The fourth-order valence-corrected chi connectivity index (χ4v) is 4.47. The zero-order valence-corrected chi connectivity index (χ0v) is 15.7. The Morgan fingerprint density at radius 3 is 2.48 bits per heavy atom. The summed E-state index contributed by atoms with van der Waals surface area (Å²) in [6.45, 7) is 9.46. The lowest BCUT2D eigenvalue weighted by Gasteiger charge is -2.12. The highest BCUT2D eigenvalue weighted by Crippen LogP contribution is 2.41. The maximum absolute atomic E-state index is 6.61. The van der Waals surface area contributed by atoms with Crippen LogP contribution in [0.3, 0.4) is 0 Å². The highest BCUT2D eigenvalue weighted by atomic mass is 35.5. The number of aromatic nitrogens is 1. The van der Waals surface area contributed by atoms with Gasteiger partial charge in [-0.1, -0.05) is 22.9 Å². The second kappa shape index (κ2) is 6.14. The Morgan fingerprint density at radius 2 is 1.83 bits per heavy atom. The maximum Gasteiger partial charge on any atom is 0.235 e. The molecule has 1 aromatic heterocycles. The third kappa shape index (κ3) is 2.62. The number of rotatable bonds is 3. The van der Waals surface area contributed by atoms with E-state index in [4.69, 9.17) is 16.3 Å². The van der Waals surface area contributed by atoms with Gasteiger partial charge in [0.2, 0.25) is 10.5 Å². The first-order valence-corrected chi connectivity index (χ1v) is 8.94. The van der Waals surface area contributed by atoms with Crippen molar-refractivity contribution in [2.45, 2.75) is 34.2 Å². The van der Waals surface area contributed by atoms with E-state index in [-0.39, 0.29) is 0 Å². The van der Waals surface area contributed by atoms with E-state index in [1.54, 1.807) is 7.11 Å². The summed E-state index contributed by atoms with van der Waals surface area (Å²) in [6.07, 6.45) is 0. The molecular formula is C19H21ClNOS+. The van der Waals surface area contributed by atoms with Crippen molar-refractivity contribution in [2.75, 3.05) is 7.11 Å². The summed E-state index contributed by atoms with van der Waals surface area (Å²) in [4.78, 5) is 0. The van der Waals surface area contributed by atoms with Gasteiger partial charge in [-0.2, -0.15) is 4.57 Å². The molecule has 120 valence electrons. The zero-order valence-electron chi connectivity index (χ0n) is 14.2. The second-order valence-electron chi connectivity index (χ2n) is 5.77. The molecule has 0 saturated carbocycles. The van der Waals surface area contributed by atoms with Gasteiger partial charge in [-0.25, -0.2) is 0 Å². The molecule has 2 aromatic carbocycles. The van der Waals surface area contributed by atoms with Gasteiger partial charge in [0.15, 0.2) is 0 Å². The number of ether oxygens (including phenoxy) is 1. The molecule has 0 saturated heterocycles. The number of nitrogens with zero attached hydrogens (tertiary/aromatic N) is 1. The van der Waals surface area contributed by atoms with E-state index in [1.807, 2.05) is 23.5 Å². The third-order valence-electron chi connectivity index (χ3n) is 4.40. The van der Waals surface area contributed by atoms with E-state index < -0.39 is 0 Å². The Kier molecular flexibility index (Phi) is 4.35. The molecule has 2 nitrogen and oxygen atoms in total. The van der Waals surface area contributed by atoms with Gasteiger partial charge in [0, 0.05) is 17.5 Å². The Bertz CT molecular complexity index is 898. The zero-order chi connectivity index (χ0) is 16.7. The standard InChI is InChI=1S/C19H21ClNOS/c1-6-21-13(4)23-17-8-7-16(22-5)18(19(17)21)14-9-11(2)12(3)10-15(14)20/h7-10H,6H2,1-5H3/q+1. The van der Waals surface area contributed by atoms with E-state index in [9.17, 15) is 0 Å². The molecule has 1 heterocycles. The molecule has 0 amide bonds. The van der Waals surface area contributed by atoms with E-state index in [0.717, 1.165) is 28.4 Å². The summed E-state index contributed by atoms with van der Waals surface area (Å²) in [5.41, 5.74) is 5.77. The molecule has 0 radical (unpaired) electrons. The van der Waals surface area contributed by atoms with Gasteiger partial charge in [-0.05, 0) is 56.2 Å². The molecule has 23 heavy (non-hydrogen) atoms. The summed E-state index contributed by atoms with van der Waals surface area (Å²) in [7, 11) is 1.72. The molecule has 0 N–H and O–H groups in total. The van der Waals surface area contributed by atoms with E-state index >= 15 is 0 Å². The molecule has 0 atom stereocenters. The Balaban J connectivity index is 2.46. The van der Waals surface area contributed by atoms with Gasteiger partial charge in [-0.3, -0.25) is 0 Å². The average molecular weight is 347 g/mol. The highest BCUT2D eigenvalue weighted by Gasteiger charge is 2.25. The van der Waals surface area contributed by atoms with E-state index in [1.165, 1.54) is 26.4 Å². The van der Waals surface area contributed by atoms with Crippen molar-refractivity contribution in [3.05, 3.63) is 45.4 Å². The lowest BCUT2D eigenvalue weighted by atomic mass is 9.98. The Hall–Kier alpha value is -1.58. The molecule has 0 spiro atoms. The van der Waals surface area contributed by atoms with Crippen LogP contribution in [0.2, 0.25) is 5.02 Å². The monoisotopic (exact) mass is 346 g/mol. The van der Waals surface area contributed by atoms with Crippen LogP contribution < -0.4 is 9.30 Å². The Morgan fingerprint density at radius 1 is 1.13 bits per heavy atom. The van der Waals surface area contributed by atoms with Gasteiger partial charge in [-0.15, -0.1) is 0 Å². The summed E-state index contributed by atoms with van der Waals surface area (Å²) in [5.74, 6) is 0.864. The Labute approximate surface area is 146 Å². The molecule has 0 aliphatic carbocycles. The topological polar surface area (TPSA) is 13.1 Å². The van der Waals surface area contributed by atoms with Crippen LogP contribution in [0, 0.1) is 20.8 Å². The first kappa shape index (κ1) is 16.3. The van der Waals surface area contributed by atoms with Crippen molar-refractivity contribution in [1.29, 1.82) is 0 Å². The van der Waals surface area contributed by atoms with Crippen molar-refractivity contribution in [2.24, 2.45) is 0 Å². The van der Waals surface area contributed by atoms with Crippen molar-refractivity contribution < 1.29 is 9.30 Å². The number of thiazole rings is 1. The molecule has 0 unspecified atom stereocenters. The van der Waals surface area contributed by atoms with Gasteiger partial charge in [0.25, 0.3) is 0 Å². The van der Waals surface area contributed by atoms with E-state index in [2.05, 4.69) is 44.4 Å². The minimum Gasteiger partial charge on any atom is -0.496 e. The van der Waals surface area contributed by atoms with Gasteiger partial charge in [0.1, 0.15) is 17.0 Å². The summed E-state index contributed by atoms with van der Waals surface area (Å²) in [6, 6.07) is 8.39. The van der Waals surface area contributed by atoms with Crippen LogP contribution >= 0.6 is 22.9 Å². The number of benzene rings is 2. The SMILES string of the molecule is CC[n+]1c(C)sc2ccc(OC)c(-c3cc(C)c(C)cc3Cl)c21. The summed E-state index contributed by atoms with van der Waals surface area (Å²) in [5, 5.41) is 2.06. The van der Waals surface area contributed by atoms with Crippen LogP contribution in [0.1, 0.15) is 23.1 Å². The van der Waals surface area contributed by atoms with Crippen molar-refractivity contribution in [3.63, 3.8) is 0 Å². The molecule has 0 aliphatic rings. The van der Waals surface area contributed by atoms with Crippen molar-refractivity contribution in [1.82, 2.24) is 0 Å². The number of fused-ring (bicyclic) bond motifs is 1. The molecule has 0 aliphatic heterocycles. The van der Waals surface area contributed by atoms with Crippen LogP contribution in [0.4, 0.5) is 0 Å². The largest absolute Gasteiger partial charge is 0.496 e. The molecule has 4 heteroatoms. The predicted octanol–water partition coefficient (Wildman–Crippen LogP) is 5.46. The fourth-order valence-electron chi connectivity index (χ4n) is 3.06. The molecular weight excluding hydrogens is 326 g/mol. The predicted molar refractivity (Wildman–Crippen MR) is 98.9 cm³/mol. The van der Waals surface area contributed by atoms with Crippen molar-refractivity contribution >= 4 is 33.2 Å². The first-order valence-electron chi connectivity index (χ1n) is 7.75. The number of hydrogen-bond acceptors (Lipinski definition) is 2. The minimum atomic E-state index is 0.769. The van der Waals surface area contributed by atoms with Crippen LogP contribution in [0.5, 0.6) is 5.75 Å². The third-order valence-corrected chi connectivity index (χ3v) is 5.78. The number of hydrogen-bond donors (Lipinski definition) is 0. The first-order chi connectivity index (χ1) is 11.0. The average Bonchev–Trinajstić information content (AvgIpc) is 2.85. The summed E-state index contributed by atoms with van der Waals surface area (Å²) < 4.78 is 9.27. The van der Waals surface area contributed by atoms with E-state index in [0.29, 0.717) is 0 Å². The summed E-state index contributed by atoms with van der Waals surface area (Å²) >= 11 is 8.42. The maximum atomic E-state index is 6.61.